The Morgan fingerprint density at radius 1 is 1.24 bits per heavy atom. The second kappa shape index (κ2) is 7.08. The van der Waals surface area contributed by atoms with E-state index in [-0.39, 0.29) is 29.5 Å². The number of piperidine rings is 1. The van der Waals surface area contributed by atoms with Crippen LogP contribution in [0.15, 0.2) is 18.2 Å². The molecule has 3 rings (SSSR count). The molecule has 8 nitrogen and oxygen atoms in total. The predicted molar refractivity (Wildman–Crippen MR) is 90.4 cm³/mol. The summed E-state index contributed by atoms with van der Waals surface area (Å²) in [4.78, 5) is 36.7. The minimum atomic E-state index is -0.467. The number of nitrogens with one attached hydrogen (secondary N) is 1. The van der Waals surface area contributed by atoms with Crippen LogP contribution < -0.4 is 5.32 Å². The van der Waals surface area contributed by atoms with Crippen LogP contribution in [0.5, 0.6) is 0 Å². The maximum absolute atomic E-state index is 12.6. The number of carbonyl (C=O) groups is 2. The fourth-order valence-corrected chi connectivity index (χ4v) is 3.05. The summed E-state index contributed by atoms with van der Waals surface area (Å²) in [5.74, 6) is -0.684. The van der Waals surface area contributed by atoms with Crippen molar-refractivity contribution in [1.82, 2.24) is 4.90 Å². The standard InChI is InChI=1S/C17H21N3O5/c1-25-17(22)11-6-8-19(9-7-11)16(21)12-2-5-14(18-13-3-4-13)15(10-12)20(23)24/h2,5,10-11,13,18H,3-4,6-9H2,1H3. The van der Waals surface area contributed by atoms with E-state index in [1.807, 2.05) is 0 Å². The minimum Gasteiger partial charge on any atom is -0.469 e. The van der Waals surface area contributed by atoms with Crippen molar-refractivity contribution >= 4 is 23.3 Å². The van der Waals surface area contributed by atoms with Crippen LogP contribution in [0.2, 0.25) is 0 Å². The molecule has 134 valence electrons. The highest BCUT2D eigenvalue weighted by Gasteiger charge is 2.30. The van der Waals surface area contributed by atoms with Crippen LogP contribution >= 0.6 is 0 Å². The first-order valence-electron chi connectivity index (χ1n) is 8.41. The zero-order valence-electron chi connectivity index (χ0n) is 14.1. The number of hydrogen-bond donors (Lipinski definition) is 1. The molecule has 0 spiro atoms. The topological polar surface area (TPSA) is 102 Å². The molecule has 1 aromatic rings. The van der Waals surface area contributed by atoms with E-state index < -0.39 is 4.92 Å². The van der Waals surface area contributed by atoms with Gasteiger partial charge >= 0.3 is 5.97 Å². The number of ether oxygens (including phenoxy) is 1. The lowest BCUT2D eigenvalue weighted by Gasteiger charge is -2.30. The van der Waals surface area contributed by atoms with E-state index in [1.54, 1.807) is 17.0 Å². The average Bonchev–Trinajstić information content (AvgIpc) is 3.44. The molecule has 1 saturated heterocycles. The number of benzene rings is 1. The molecule has 0 radical (unpaired) electrons. The highest BCUT2D eigenvalue weighted by molar-refractivity contribution is 5.96. The summed E-state index contributed by atoms with van der Waals surface area (Å²) in [5, 5.41) is 14.4. The minimum absolute atomic E-state index is 0.0813. The van der Waals surface area contributed by atoms with Crippen molar-refractivity contribution in [3.05, 3.63) is 33.9 Å². The van der Waals surface area contributed by atoms with E-state index in [2.05, 4.69) is 5.32 Å². The number of esters is 1. The Hall–Kier alpha value is -2.64. The van der Waals surface area contributed by atoms with Gasteiger partial charge in [-0.15, -0.1) is 0 Å². The van der Waals surface area contributed by atoms with Gasteiger partial charge < -0.3 is 15.0 Å². The summed E-state index contributed by atoms with van der Waals surface area (Å²) in [6.07, 6.45) is 3.10. The Labute approximate surface area is 145 Å². The second-order valence-corrected chi connectivity index (χ2v) is 6.50. The molecule has 1 saturated carbocycles. The lowest BCUT2D eigenvalue weighted by molar-refractivity contribution is -0.384. The van der Waals surface area contributed by atoms with Crippen LogP contribution in [-0.4, -0.2) is 47.9 Å². The van der Waals surface area contributed by atoms with Gasteiger partial charge in [0.25, 0.3) is 11.6 Å². The number of nitrogens with zero attached hydrogens (tertiary/aromatic N) is 2. The van der Waals surface area contributed by atoms with Crippen molar-refractivity contribution in [3.63, 3.8) is 0 Å². The number of nitro benzene ring substituents is 1. The molecular formula is C17H21N3O5. The molecule has 2 fully saturated rings. The normalized spacial score (nSPS) is 17.9. The molecule has 0 atom stereocenters. The highest BCUT2D eigenvalue weighted by atomic mass is 16.6. The van der Waals surface area contributed by atoms with Crippen LogP contribution in [-0.2, 0) is 9.53 Å². The monoisotopic (exact) mass is 347 g/mol. The van der Waals surface area contributed by atoms with Crippen molar-refractivity contribution in [3.8, 4) is 0 Å². The summed E-state index contributed by atoms with van der Waals surface area (Å²) >= 11 is 0. The first kappa shape index (κ1) is 17.2. The zero-order chi connectivity index (χ0) is 18.0. The van der Waals surface area contributed by atoms with Gasteiger partial charge in [-0.1, -0.05) is 0 Å². The first-order valence-corrected chi connectivity index (χ1v) is 8.41. The molecule has 25 heavy (non-hydrogen) atoms. The average molecular weight is 347 g/mol. The number of likely N-dealkylation sites (tertiary alicyclic amines) is 1. The van der Waals surface area contributed by atoms with Crippen molar-refractivity contribution < 1.29 is 19.2 Å². The van der Waals surface area contributed by atoms with Gasteiger partial charge in [0.1, 0.15) is 5.69 Å². The van der Waals surface area contributed by atoms with E-state index in [1.165, 1.54) is 13.2 Å². The summed E-state index contributed by atoms with van der Waals surface area (Å²) < 4.78 is 4.74. The molecule has 2 aliphatic rings. The molecule has 1 N–H and O–H groups in total. The summed E-state index contributed by atoms with van der Waals surface area (Å²) in [5.41, 5.74) is 0.667. The molecule has 1 heterocycles. The Kier molecular flexibility index (Phi) is 4.87. The number of hydrogen-bond acceptors (Lipinski definition) is 6. The van der Waals surface area contributed by atoms with Gasteiger partial charge in [-0.3, -0.25) is 19.7 Å². The number of anilines is 1. The van der Waals surface area contributed by atoms with Crippen molar-refractivity contribution in [2.75, 3.05) is 25.5 Å². The van der Waals surface area contributed by atoms with E-state index in [0.29, 0.717) is 37.2 Å². The largest absolute Gasteiger partial charge is 0.469 e. The van der Waals surface area contributed by atoms with E-state index in [4.69, 9.17) is 4.74 Å². The lowest BCUT2D eigenvalue weighted by Crippen LogP contribution is -2.40. The third-order valence-electron chi connectivity index (χ3n) is 4.70. The first-order chi connectivity index (χ1) is 12.0. The Bertz CT molecular complexity index is 694. The molecule has 1 amide bonds. The molecule has 8 heteroatoms. The number of methoxy groups -OCH3 is 1. The number of rotatable bonds is 5. The third kappa shape index (κ3) is 3.89. The summed E-state index contributed by atoms with van der Waals surface area (Å²) in [6, 6.07) is 4.84. The zero-order valence-corrected chi connectivity index (χ0v) is 14.1. The van der Waals surface area contributed by atoms with Crippen LogP contribution in [0.3, 0.4) is 0 Å². The van der Waals surface area contributed by atoms with Gasteiger partial charge in [0.15, 0.2) is 0 Å². The van der Waals surface area contributed by atoms with Gasteiger partial charge in [0.05, 0.1) is 18.0 Å². The number of amides is 1. The summed E-state index contributed by atoms with van der Waals surface area (Å²) in [7, 11) is 1.36. The fraction of sp³-hybridized carbons (Fsp3) is 0.529. The van der Waals surface area contributed by atoms with Gasteiger partial charge in [0, 0.05) is 30.8 Å². The Morgan fingerprint density at radius 2 is 1.92 bits per heavy atom. The maximum atomic E-state index is 12.6. The van der Waals surface area contributed by atoms with Gasteiger partial charge in [-0.25, -0.2) is 0 Å². The van der Waals surface area contributed by atoms with Crippen molar-refractivity contribution in [1.29, 1.82) is 0 Å². The van der Waals surface area contributed by atoms with Crippen LogP contribution in [0, 0.1) is 16.0 Å². The van der Waals surface area contributed by atoms with Gasteiger partial charge in [0.2, 0.25) is 0 Å². The highest BCUT2D eigenvalue weighted by Crippen LogP contribution is 2.32. The van der Waals surface area contributed by atoms with Crippen LogP contribution in [0.4, 0.5) is 11.4 Å². The smallest absolute Gasteiger partial charge is 0.308 e. The predicted octanol–water partition coefficient (Wildman–Crippen LogP) is 2.19. The molecule has 0 aromatic heterocycles. The molecule has 1 aliphatic carbocycles. The van der Waals surface area contributed by atoms with E-state index >= 15 is 0 Å². The second-order valence-electron chi connectivity index (χ2n) is 6.50. The van der Waals surface area contributed by atoms with Crippen molar-refractivity contribution in [2.24, 2.45) is 5.92 Å². The van der Waals surface area contributed by atoms with Gasteiger partial charge in [-0.2, -0.15) is 0 Å². The Balaban J connectivity index is 1.70. The van der Waals surface area contributed by atoms with E-state index in [9.17, 15) is 19.7 Å². The molecule has 0 bridgehead atoms. The lowest BCUT2D eigenvalue weighted by atomic mass is 9.96. The molecular weight excluding hydrogens is 326 g/mol. The Morgan fingerprint density at radius 3 is 2.48 bits per heavy atom. The van der Waals surface area contributed by atoms with Gasteiger partial charge in [-0.05, 0) is 37.8 Å². The van der Waals surface area contributed by atoms with Crippen LogP contribution in [0.25, 0.3) is 0 Å². The molecule has 1 aliphatic heterocycles. The quantitative estimate of drug-likeness (QED) is 0.498. The SMILES string of the molecule is COC(=O)C1CCN(C(=O)c2ccc(NC3CC3)c([N+](=O)[O-])c2)CC1. The molecule has 1 aromatic carbocycles. The fourth-order valence-electron chi connectivity index (χ4n) is 3.05. The van der Waals surface area contributed by atoms with Crippen molar-refractivity contribution in [2.45, 2.75) is 31.7 Å². The van der Waals surface area contributed by atoms with Crippen LogP contribution in [0.1, 0.15) is 36.0 Å². The maximum Gasteiger partial charge on any atom is 0.308 e. The third-order valence-corrected chi connectivity index (χ3v) is 4.70. The molecule has 0 unspecified atom stereocenters. The van der Waals surface area contributed by atoms with E-state index in [0.717, 1.165) is 12.8 Å². The number of carbonyl (C=O) groups excluding carboxylic acids is 2. The number of nitro groups is 1. The summed E-state index contributed by atoms with van der Waals surface area (Å²) in [6.45, 7) is 0.878.